The summed E-state index contributed by atoms with van der Waals surface area (Å²) >= 11 is 1.66. The number of piperidine rings is 1. The molecule has 8 heteroatoms. The average Bonchev–Trinajstić information content (AvgIpc) is 3.24. The van der Waals surface area contributed by atoms with E-state index >= 15 is 0 Å². The maximum atomic E-state index is 13.4. The van der Waals surface area contributed by atoms with Crippen molar-refractivity contribution < 1.29 is 14.0 Å². The number of carbonyl (C=O) groups is 2. The molecule has 2 amide bonds. The van der Waals surface area contributed by atoms with E-state index in [0.29, 0.717) is 36.0 Å². The van der Waals surface area contributed by atoms with Crippen LogP contribution in [0, 0.1) is 19.8 Å². The smallest absolute Gasteiger partial charge is 0.253 e. The van der Waals surface area contributed by atoms with Crippen LogP contribution in [0.5, 0.6) is 0 Å². The molecule has 0 aliphatic carbocycles. The molecule has 1 atom stereocenters. The molecule has 1 unspecified atom stereocenters. The monoisotopic (exact) mass is 460 g/mol. The molecule has 174 valence electrons. The van der Waals surface area contributed by atoms with Gasteiger partial charge in [0.25, 0.3) is 5.91 Å². The highest BCUT2D eigenvalue weighted by Gasteiger charge is 2.28. The van der Waals surface area contributed by atoms with Crippen molar-refractivity contribution >= 4 is 23.2 Å². The Morgan fingerprint density at radius 1 is 1.34 bits per heavy atom. The molecule has 3 heterocycles. The van der Waals surface area contributed by atoms with Gasteiger partial charge in [-0.2, -0.15) is 15.7 Å². The van der Waals surface area contributed by atoms with Gasteiger partial charge in [-0.1, -0.05) is 0 Å². The molecule has 0 saturated carbocycles. The van der Waals surface area contributed by atoms with Crippen LogP contribution < -0.4 is 5.32 Å². The molecule has 32 heavy (non-hydrogen) atoms. The van der Waals surface area contributed by atoms with Crippen molar-refractivity contribution in [1.82, 2.24) is 20.1 Å². The van der Waals surface area contributed by atoms with Crippen LogP contribution in [0.4, 0.5) is 4.39 Å². The Morgan fingerprint density at radius 2 is 2.06 bits per heavy atom. The van der Waals surface area contributed by atoms with Crippen LogP contribution in [0.15, 0.2) is 22.9 Å². The molecule has 0 spiro atoms. The first-order chi connectivity index (χ1) is 15.3. The van der Waals surface area contributed by atoms with E-state index in [1.165, 1.54) is 11.6 Å². The molecule has 0 bridgehead atoms. The number of pyridine rings is 1. The maximum Gasteiger partial charge on any atom is 0.253 e. The Bertz CT molecular complexity index is 903. The number of likely N-dealkylation sites (tertiary alicyclic amines) is 1. The summed E-state index contributed by atoms with van der Waals surface area (Å²) in [5, 5.41) is 7.11. The number of aromatic nitrogens is 1. The van der Waals surface area contributed by atoms with Crippen molar-refractivity contribution in [2.75, 3.05) is 19.6 Å². The van der Waals surface area contributed by atoms with Gasteiger partial charge in [0.2, 0.25) is 11.9 Å². The molecule has 0 radical (unpaired) electrons. The second kappa shape index (κ2) is 11.0. The molecule has 3 rings (SSSR count). The minimum absolute atomic E-state index is 0.131. The molecule has 1 N–H and O–H groups in total. The highest BCUT2D eigenvalue weighted by molar-refractivity contribution is 7.07. The molecule has 1 aliphatic rings. The van der Waals surface area contributed by atoms with Gasteiger partial charge in [-0.3, -0.25) is 9.59 Å². The van der Waals surface area contributed by atoms with Crippen LogP contribution in [0.25, 0.3) is 0 Å². The van der Waals surface area contributed by atoms with Gasteiger partial charge in [-0.15, -0.1) is 0 Å². The predicted molar refractivity (Wildman–Crippen MR) is 125 cm³/mol. The fourth-order valence-corrected chi connectivity index (χ4v) is 5.17. The molecule has 2 aromatic heterocycles. The zero-order valence-corrected chi connectivity index (χ0v) is 20.2. The van der Waals surface area contributed by atoms with Crippen molar-refractivity contribution in [3.8, 4) is 0 Å². The zero-order chi connectivity index (χ0) is 23.3. The third-order valence-corrected chi connectivity index (χ3v) is 7.07. The number of amides is 2. The Kier molecular flexibility index (Phi) is 8.37. The van der Waals surface area contributed by atoms with Crippen LogP contribution in [0.2, 0.25) is 0 Å². The summed E-state index contributed by atoms with van der Waals surface area (Å²) in [5.41, 5.74) is 2.65. The number of thiophene rings is 1. The zero-order valence-electron chi connectivity index (χ0n) is 19.4. The molecule has 1 fully saturated rings. The maximum absolute atomic E-state index is 13.4. The summed E-state index contributed by atoms with van der Waals surface area (Å²) in [4.78, 5) is 33.0. The van der Waals surface area contributed by atoms with Crippen LogP contribution in [-0.4, -0.2) is 58.3 Å². The van der Waals surface area contributed by atoms with Crippen molar-refractivity contribution in [3.63, 3.8) is 0 Å². The van der Waals surface area contributed by atoms with Gasteiger partial charge < -0.3 is 15.1 Å². The lowest BCUT2D eigenvalue weighted by Crippen LogP contribution is -2.49. The van der Waals surface area contributed by atoms with Crippen molar-refractivity contribution in [2.24, 2.45) is 0 Å². The second-order valence-corrected chi connectivity index (χ2v) is 9.44. The van der Waals surface area contributed by atoms with Gasteiger partial charge in [0.1, 0.15) is 0 Å². The lowest BCUT2D eigenvalue weighted by atomic mass is 10.00. The fraction of sp³-hybridized carbons (Fsp3) is 0.542. The van der Waals surface area contributed by atoms with E-state index in [4.69, 9.17) is 0 Å². The standard InChI is InChI=1S/C24H33FN4O2S/c1-16-13-22(25)27-18(3)23(16)24(31)26-9-5-17(2)28-10-6-21(7-11-28)29(19(4)30)14-20-8-12-32-15-20/h8,12-13,15,17,21H,5-7,9-11,14H2,1-4H3,(H,26,31). The number of nitrogens with one attached hydrogen (secondary N) is 1. The summed E-state index contributed by atoms with van der Waals surface area (Å²) in [6, 6.07) is 3.97. The Morgan fingerprint density at radius 3 is 2.66 bits per heavy atom. The third-order valence-electron chi connectivity index (χ3n) is 6.34. The van der Waals surface area contributed by atoms with Crippen molar-refractivity contribution in [1.29, 1.82) is 0 Å². The minimum Gasteiger partial charge on any atom is -0.352 e. The van der Waals surface area contributed by atoms with E-state index in [0.717, 1.165) is 32.4 Å². The van der Waals surface area contributed by atoms with Crippen LogP contribution in [0.1, 0.15) is 60.3 Å². The first-order valence-corrected chi connectivity index (χ1v) is 12.1. The summed E-state index contributed by atoms with van der Waals surface area (Å²) in [7, 11) is 0. The highest BCUT2D eigenvalue weighted by Crippen LogP contribution is 2.22. The molecule has 2 aromatic rings. The van der Waals surface area contributed by atoms with Crippen molar-refractivity contribution in [2.45, 2.75) is 65.6 Å². The lowest BCUT2D eigenvalue weighted by Gasteiger charge is -2.40. The number of nitrogens with zero attached hydrogens (tertiary/aromatic N) is 3. The topological polar surface area (TPSA) is 65.5 Å². The highest BCUT2D eigenvalue weighted by atomic mass is 32.1. The number of carbonyl (C=O) groups excluding carboxylic acids is 2. The quantitative estimate of drug-likeness (QED) is 0.607. The second-order valence-electron chi connectivity index (χ2n) is 8.66. The molecule has 1 aliphatic heterocycles. The van der Waals surface area contributed by atoms with Gasteiger partial charge in [-0.25, -0.2) is 4.98 Å². The SMILES string of the molecule is CC(=O)N(Cc1ccsc1)C1CCN(C(C)CCNC(=O)c2c(C)cc(F)nc2C)CC1. The van der Waals surface area contributed by atoms with Crippen LogP contribution in [-0.2, 0) is 11.3 Å². The van der Waals surface area contributed by atoms with Crippen molar-refractivity contribution in [3.05, 3.63) is 51.2 Å². The van der Waals surface area contributed by atoms with Gasteiger partial charge in [0.05, 0.1) is 11.3 Å². The first-order valence-electron chi connectivity index (χ1n) is 11.2. The van der Waals surface area contributed by atoms with E-state index in [9.17, 15) is 14.0 Å². The van der Waals surface area contributed by atoms with Gasteiger partial charge in [0.15, 0.2) is 0 Å². The van der Waals surface area contributed by atoms with E-state index < -0.39 is 5.95 Å². The Labute approximate surface area is 193 Å². The number of halogens is 1. The molecule has 0 aromatic carbocycles. The summed E-state index contributed by atoms with van der Waals surface area (Å²) < 4.78 is 13.4. The van der Waals surface area contributed by atoms with E-state index in [-0.39, 0.29) is 17.9 Å². The van der Waals surface area contributed by atoms with E-state index in [1.807, 2.05) is 10.3 Å². The fourth-order valence-electron chi connectivity index (χ4n) is 4.51. The molecule has 6 nitrogen and oxygen atoms in total. The van der Waals surface area contributed by atoms with Gasteiger partial charge in [0, 0.05) is 45.2 Å². The van der Waals surface area contributed by atoms with E-state index in [2.05, 4.69) is 33.6 Å². The van der Waals surface area contributed by atoms with Gasteiger partial charge in [-0.05, 0) is 74.1 Å². The molecular formula is C24H33FN4O2S. The largest absolute Gasteiger partial charge is 0.352 e. The minimum atomic E-state index is -0.563. The number of hydrogen-bond acceptors (Lipinski definition) is 5. The normalized spacial score (nSPS) is 16.0. The predicted octanol–water partition coefficient (Wildman–Crippen LogP) is 3.92. The van der Waals surface area contributed by atoms with Gasteiger partial charge >= 0.3 is 0 Å². The number of rotatable bonds is 8. The average molecular weight is 461 g/mol. The third kappa shape index (κ3) is 6.13. The summed E-state index contributed by atoms with van der Waals surface area (Å²) in [6.45, 7) is 10.3. The van der Waals surface area contributed by atoms with E-state index in [1.54, 1.807) is 32.1 Å². The van der Waals surface area contributed by atoms with Crippen LogP contribution >= 0.6 is 11.3 Å². The first kappa shape index (κ1) is 24.3. The van der Waals surface area contributed by atoms with Crippen LogP contribution in [0.3, 0.4) is 0 Å². The molecule has 1 saturated heterocycles. The number of aryl methyl sites for hydroxylation is 2. The summed E-state index contributed by atoms with van der Waals surface area (Å²) in [6.07, 6.45) is 2.74. The molecular weight excluding hydrogens is 427 g/mol. The summed E-state index contributed by atoms with van der Waals surface area (Å²) in [5.74, 6) is -0.637. The lowest BCUT2D eigenvalue weighted by molar-refractivity contribution is -0.133. The Balaban J connectivity index is 1.46. The Hall–Kier alpha value is -2.32. The number of hydrogen-bond donors (Lipinski definition) is 1.